The van der Waals surface area contributed by atoms with Crippen LogP contribution in [0.3, 0.4) is 0 Å². The van der Waals surface area contributed by atoms with Crippen molar-refractivity contribution < 1.29 is 14.3 Å². The van der Waals surface area contributed by atoms with Crippen molar-refractivity contribution >= 4 is 11.8 Å². The molecule has 1 unspecified atom stereocenters. The van der Waals surface area contributed by atoms with Gasteiger partial charge in [-0.25, -0.2) is 0 Å². The zero-order valence-corrected chi connectivity index (χ0v) is 15.4. The van der Waals surface area contributed by atoms with Gasteiger partial charge in [-0.2, -0.15) is 5.10 Å². The topological polar surface area (TPSA) is 102 Å². The summed E-state index contributed by atoms with van der Waals surface area (Å²) in [7, 11) is 2.06. The van der Waals surface area contributed by atoms with Gasteiger partial charge in [-0.15, -0.1) is 0 Å². The van der Waals surface area contributed by atoms with Gasteiger partial charge >= 0.3 is 0 Å². The molecule has 1 saturated heterocycles. The number of nitrogens with one attached hydrogen (secondary N) is 1. The first-order chi connectivity index (χ1) is 13.0. The molecule has 0 aliphatic carbocycles. The van der Waals surface area contributed by atoms with E-state index in [2.05, 4.69) is 22.4 Å². The van der Waals surface area contributed by atoms with E-state index in [9.17, 15) is 9.59 Å². The Balaban J connectivity index is 1.57. The number of amides is 2. The van der Waals surface area contributed by atoms with Crippen LogP contribution in [-0.2, 0) is 16.1 Å². The third-order valence-electron chi connectivity index (χ3n) is 4.52. The summed E-state index contributed by atoms with van der Waals surface area (Å²) >= 11 is 0. The number of primary amides is 1. The van der Waals surface area contributed by atoms with Gasteiger partial charge in [0.15, 0.2) is 0 Å². The summed E-state index contributed by atoms with van der Waals surface area (Å²) in [5, 5.41) is 7.09. The quantitative estimate of drug-likeness (QED) is 0.762. The molecule has 2 amide bonds. The Bertz CT molecular complexity index is 787. The van der Waals surface area contributed by atoms with E-state index < -0.39 is 5.91 Å². The van der Waals surface area contributed by atoms with Crippen LogP contribution in [-0.4, -0.2) is 66.4 Å². The van der Waals surface area contributed by atoms with Crippen LogP contribution in [0.2, 0.25) is 0 Å². The molecule has 2 aromatic rings. The van der Waals surface area contributed by atoms with E-state index in [0.29, 0.717) is 18.7 Å². The predicted molar refractivity (Wildman–Crippen MR) is 101 cm³/mol. The van der Waals surface area contributed by atoms with Crippen LogP contribution in [0.5, 0.6) is 0 Å². The lowest BCUT2D eigenvalue weighted by Gasteiger charge is -2.19. The first-order valence-corrected chi connectivity index (χ1v) is 8.97. The zero-order chi connectivity index (χ0) is 19.2. The number of carbonyl (C=O) groups is 2. The molecule has 27 heavy (non-hydrogen) atoms. The molecule has 1 fully saturated rings. The molecule has 3 rings (SSSR count). The zero-order valence-electron chi connectivity index (χ0n) is 15.4. The van der Waals surface area contributed by atoms with Crippen LogP contribution < -0.4 is 11.1 Å². The maximum atomic E-state index is 12.4. The number of likely N-dealkylation sites (N-methyl/N-ethyl adjacent to an activating group) is 1. The van der Waals surface area contributed by atoms with Crippen molar-refractivity contribution in [3.05, 3.63) is 42.2 Å². The molecule has 1 aliphatic heterocycles. The minimum absolute atomic E-state index is 0.0422. The number of hydrogen-bond donors (Lipinski definition) is 2. The lowest BCUT2D eigenvalue weighted by atomic mass is 10.1. The fraction of sp³-hybridized carbons (Fsp3) is 0.421. The van der Waals surface area contributed by atoms with Gasteiger partial charge in [0.1, 0.15) is 6.54 Å². The van der Waals surface area contributed by atoms with Crippen LogP contribution in [0.1, 0.15) is 10.4 Å². The Morgan fingerprint density at radius 3 is 2.81 bits per heavy atom. The Labute approximate surface area is 158 Å². The standard InChI is InChI=1S/C19H25N5O3/c1-23-6-7-27-13-14(10-23)8-21-19(26)16-4-2-15(3-5-16)17-9-22-24(11-17)12-18(20)25/h2-5,9,11,14H,6-8,10,12-13H2,1H3,(H2,20,25)(H,21,26). The minimum Gasteiger partial charge on any atom is -0.380 e. The lowest BCUT2D eigenvalue weighted by molar-refractivity contribution is -0.118. The lowest BCUT2D eigenvalue weighted by Crippen LogP contribution is -2.35. The summed E-state index contributed by atoms with van der Waals surface area (Å²) in [4.78, 5) is 25.6. The Hall–Kier alpha value is -2.71. The Morgan fingerprint density at radius 2 is 2.07 bits per heavy atom. The molecule has 1 aromatic heterocycles. The number of nitrogens with two attached hydrogens (primary N) is 1. The highest BCUT2D eigenvalue weighted by molar-refractivity contribution is 5.94. The molecular weight excluding hydrogens is 346 g/mol. The second kappa shape index (κ2) is 8.79. The molecule has 0 spiro atoms. The number of benzene rings is 1. The fourth-order valence-corrected chi connectivity index (χ4v) is 3.09. The normalized spacial score (nSPS) is 18.0. The molecule has 0 bridgehead atoms. The van der Waals surface area contributed by atoms with Gasteiger partial charge in [0.2, 0.25) is 5.91 Å². The number of ether oxygens (including phenoxy) is 1. The molecule has 2 heterocycles. The molecule has 0 radical (unpaired) electrons. The highest BCUT2D eigenvalue weighted by atomic mass is 16.5. The summed E-state index contributed by atoms with van der Waals surface area (Å²) in [5.74, 6) is -0.253. The molecule has 8 nitrogen and oxygen atoms in total. The van der Waals surface area contributed by atoms with Crippen molar-refractivity contribution in [1.82, 2.24) is 20.0 Å². The third-order valence-corrected chi connectivity index (χ3v) is 4.52. The van der Waals surface area contributed by atoms with E-state index in [-0.39, 0.29) is 18.4 Å². The van der Waals surface area contributed by atoms with E-state index >= 15 is 0 Å². The SMILES string of the molecule is CN1CCOCC(CNC(=O)c2ccc(-c3cnn(CC(N)=O)c3)cc2)C1. The van der Waals surface area contributed by atoms with Crippen LogP contribution in [0.15, 0.2) is 36.7 Å². The summed E-state index contributed by atoms with van der Waals surface area (Å²) < 4.78 is 7.07. The number of hydrogen-bond acceptors (Lipinski definition) is 5. The van der Waals surface area contributed by atoms with Crippen LogP contribution in [0.25, 0.3) is 11.1 Å². The van der Waals surface area contributed by atoms with Crippen molar-refractivity contribution in [2.75, 3.05) is 39.9 Å². The maximum Gasteiger partial charge on any atom is 0.251 e. The summed E-state index contributed by atoms with van der Waals surface area (Å²) in [5.41, 5.74) is 7.55. The largest absolute Gasteiger partial charge is 0.380 e. The Morgan fingerprint density at radius 1 is 1.30 bits per heavy atom. The molecule has 144 valence electrons. The first-order valence-electron chi connectivity index (χ1n) is 8.97. The van der Waals surface area contributed by atoms with E-state index in [4.69, 9.17) is 10.5 Å². The molecule has 8 heteroatoms. The van der Waals surface area contributed by atoms with Gasteiger partial charge in [-0.1, -0.05) is 12.1 Å². The number of aromatic nitrogens is 2. The Kier molecular flexibility index (Phi) is 6.20. The van der Waals surface area contributed by atoms with Gasteiger partial charge in [-0.3, -0.25) is 14.3 Å². The van der Waals surface area contributed by atoms with Gasteiger partial charge < -0.3 is 20.7 Å². The number of nitrogens with zero attached hydrogens (tertiary/aromatic N) is 3. The van der Waals surface area contributed by atoms with Crippen molar-refractivity contribution in [1.29, 1.82) is 0 Å². The van der Waals surface area contributed by atoms with Crippen molar-refractivity contribution in [2.45, 2.75) is 6.54 Å². The van der Waals surface area contributed by atoms with Gasteiger partial charge in [0.25, 0.3) is 5.91 Å². The molecule has 1 aromatic carbocycles. The van der Waals surface area contributed by atoms with Gasteiger partial charge in [-0.05, 0) is 24.7 Å². The molecule has 3 N–H and O–H groups in total. The minimum atomic E-state index is -0.443. The van der Waals surface area contributed by atoms with E-state index in [0.717, 1.165) is 30.8 Å². The average molecular weight is 371 g/mol. The number of rotatable bonds is 6. The predicted octanol–water partition coefficient (Wildman–Crippen LogP) is 0.343. The van der Waals surface area contributed by atoms with Crippen molar-refractivity contribution in [3.63, 3.8) is 0 Å². The third kappa shape index (κ3) is 5.38. The van der Waals surface area contributed by atoms with E-state index in [1.807, 2.05) is 12.1 Å². The molecule has 1 aliphatic rings. The summed E-state index contributed by atoms with van der Waals surface area (Å²) in [6.07, 6.45) is 3.42. The van der Waals surface area contributed by atoms with Gasteiger partial charge in [0, 0.05) is 42.9 Å². The summed E-state index contributed by atoms with van der Waals surface area (Å²) in [6.45, 7) is 3.86. The highest BCUT2D eigenvalue weighted by Gasteiger charge is 2.17. The summed E-state index contributed by atoms with van der Waals surface area (Å²) in [6, 6.07) is 7.30. The monoisotopic (exact) mass is 371 g/mol. The highest BCUT2D eigenvalue weighted by Crippen LogP contribution is 2.19. The van der Waals surface area contributed by atoms with E-state index in [1.54, 1.807) is 24.5 Å². The van der Waals surface area contributed by atoms with Crippen LogP contribution in [0.4, 0.5) is 0 Å². The van der Waals surface area contributed by atoms with Crippen molar-refractivity contribution in [2.24, 2.45) is 11.7 Å². The maximum absolute atomic E-state index is 12.4. The van der Waals surface area contributed by atoms with Crippen molar-refractivity contribution in [3.8, 4) is 11.1 Å². The van der Waals surface area contributed by atoms with Gasteiger partial charge in [0.05, 0.1) is 19.4 Å². The second-order valence-corrected chi connectivity index (χ2v) is 6.88. The average Bonchev–Trinajstić information content (AvgIpc) is 3.00. The molecule has 1 atom stereocenters. The van der Waals surface area contributed by atoms with Crippen LogP contribution in [0, 0.1) is 5.92 Å². The number of carbonyl (C=O) groups excluding carboxylic acids is 2. The fourth-order valence-electron chi connectivity index (χ4n) is 3.09. The molecule has 0 saturated carbocycles. The smallest absolute Gasteiger partial charge is 0.251 e. The second-order valence-electron chi connectivity index (χ2n) is 6.88. The van der Waals surface area contributed by atoms with E-state index in [1.165, 1.54) is 4.68 Å². The van der Waals surface area contributed by atoms with Crippen LogP contribution >= 0.6 is 0 Å². The first kappa shape index (κ1) is 19.1. The molecular formula is C19H25N5O3.